The fourth-order valence-electron chi connectivity index (χ4n) is 5.37. The number of thiazole rings is 1. The monoisotopic (exact) mass is 703 g/mol. The molecule has 2 aliphatic rings. The van der Waals surface area contributed by atoms with Crippen LogP contribution in [0.25, 0.3) is 0 Å². The van der Waals surface area contributed by atoms with Crippen molar-refractivity contribution in [3.8, 4) is 5.75 Å². The van der Waals surface area contributed by atoms with Gasteiger partial charge in [0.15, 0.2) is 6.61 Å². The standard InChI is InChI=1S/C30H21BrF3N3O5S2/c1-14-6-9-16(10-7-14)35-21(38)13-42-20-11-8-15(31)12-17(20)22-23-25(43-26-24(22)44-29(41)36-26)28(40)37(27(23)39)19-5-3-2-4-18(19)30(32,33)34/h2-12,22-23,25H,13H2,1H3,(H,35,38)(H,36,41)/t22-,23?,25?/m1/s1. The van der Waals surface area contributed by atoms with Gasteiger partial charge in [0.1, 0.15) is 11.0 Å². The molecule has 14 heteroatoms. The number of halogens is 4. The van der Waals surface area contributed by atoms with E-state index >= 15 is 0 Å². The highest BCUT2D eigenvalue weighted by Gasteiger charge is 2.57. The van der Waals surface area contributed by atoms with Crippen LogP contribution in [0.1, 0.15) is 27.5 Å². The molecule has 226 valence electrons. The average Bonchev–Trinajstić information content (AvgIpc) is 3.47. The number of alkyl halides is 3. The molecule has 3 amide bonds. The van der Waals surface area contributed by atoms with Crippen LogP contribution in [0.5, 0.6) is 5.75 Å². The second-order valence-corrected chi connectivity index (χ2v) is 13.2. The van der Waals surface area contributed by atoms with Gasteiger partial charge in [-0.25, -0.2) is 4.90 Å². The van der Waals surface area contributed by atoms with E-state index in [4.69, 9.17) is 4.74 Å². The van der Waals surface area contributed by atoms with Crippen molar-refractivity contribution in [2.24, 2.45) is 5.92 Å². The third kappa shape index (κ3) is 5.57. The van der Waals surface area contributed by atoms with Crippen LogP contribution in [-0.2, 0) is 20.6 Å². The van der Waals surface area contributed by atoms with Crippen molar-refractivity contribution in [3.05, 3.63) is 102 Å². The summed E-state index contributed by atoms with van der Waals surface area (Å²) in [5.74, 6) is -3.99. The van der Waals surface area contributed by atoms with Crippen LogP contribution in [0, 0.1) is 12.8 Å². The lowest BCUT2D eigenvalue weighted by Crippen LogP contribution is -2.33. The Balaban J connectivity index is 1.38. The largest absolute Gasteiger partial charge is 0.483 e. The molecule has 4 aromatic rings. The lowest BCUT2D eigenvalue weighted by atomic mass is 9.82. The number of anilines is 2. The van der Waals surface area contributed by atoms with E-state index in [9.17, 15) is 32.3 Å². The topological polar surface area (TPSA) is 109 Å². The van der Waals surface area contributed by atoms with Gasteiger partial charge in [-0.3, -0.25) is 19.2 Å². The molecule has 3 heterocycles. The Hall–Kier alpha value is -3.88. The van der Waals surface area contributed by atoms with Gasteiger partial charge in [-0.15, -0.1) is 0 Å². The van der Waals surface area contributed by atoms with E-state index in [1.807, 2.05) is 19.1 Å². The molecule has 1 aromatic heterocycles. The van der Waals surface area contributed by atoms with Gasteiger partial charge in [0.2, 0.25) is 11.8 Å². The first kappa shape index (κ1) is 30.2. The molecule has 0 aliphatic carbocycles. The van der Waals surface area contributed by atoms with E-state index in [2.05, 4.69) is 26.2 Å². The number of aromatic nitrogens is 1. The van der Waals surface area contributed by atoms with Crippen molar-refractivity contribution < 1.29 is 32.3 Å². The fraction of sp³-hybridized carbons (Fsp3) is 0.200. The molecule has 2 aliphatic heterocycles. The Morgan fingerprint density at radius 2 is 1.77 bits per heavy atom. The molecule has 0 radical (unpaired) electrons. The Morgan fingerprint density at radius 3 is 2.50 bits per heavy atom. The minimum absolute atomic E-state index is 0.212. The van der Waals surface area contributed by atoms with Crippen LogP contribution in [0.4, 0.5) is 24.5 Å². The smallest absolute Gasteiger partial charge is 0.418 e. The minimum Gasteiger partial charge on any atom is -0.483 e. The number of nitrogens with one attached hydrogen (secondary N) is 2. The molecule has 1 fully saturated rings. The summed E-state index contributed by atoms with van der Waals surface area (Å²) in [5.41, 5.74) is 0.314. The number of thioether (sulfide) groups is 1. The number of imide groups is 1. The number of nitrogens with zero attached hydrogens (tertiary/aromatic N) is 1. The Kier molecular flexibility index (Phi) is 7.92. The second kappa shape index (κ2) is 11.6. The molecule has 0 spiro atoms. The molecule has 2 N–H and O–H groups in total. The number of para-hydroxylation sites is 1. The van der Waals surface area contributed by atoms with Crippen molar-refractivity contribution >= 4 is 68.1 Å². The summed E-state index contributed by atoms with van der Waals surface area (Å²) in [4.78, 5) is 56.3. The first-order valence-corrected chi connectivity index (χ1v) is 15.6. The Bertz CT molecular complexity index is 1860. The van der Waals surface area contributed by atoms with Gasteiger partial charge < -0.3 is 15.0 Å². The third-order valence-corrected chi connectivity index (χ3v) is 10.2. The number of fused-ring (bicyclic) bond motifs is 2. The zero-order chi connectivity index (χ0) is 31.3. The van der Waals surface area contributed by atoms with Crippen LogP contribution in [0.2, 0.25) is 0 Å². The molecular formula is C30H21BrF3N3O5S2. The van der Waals surface area contributed by atoms with Crippen molar-refractivity contribution in [1.29, 1.82) is 0 Å². The molecule has 8 nitrogen and oxygen atoms in total. The zero-order valence-corrected chi connectivity index (χ0v) is 25.8. The second-order valence-electron chi connectivity index (χ2n) is 10.2. The van der Waals surface area contributed by atoms with Crippen molar-refractivity contribution in [2.75, 3.05) is 16.8 Å². The van der Waals surface area contributed by atoms with Crippen LogP contribution in [0.3, 0.4) is 0 Å². The fourth-order valence-corrected chi connectivity index (χ4v) is 8.25. The molecular weight excluding hydrogens is 683 g/mol. The average molecular weight is 705 g/mol. The predicted molar refractivity (Wildman–Crippen MR) is 163 cm³/mol. The van der Waals surface area contributed by atoms with Crippen molar-refractivity contribution in [3.63, 3.8) is 0 Å². The van der Waals surface area contributed by atoms with E-state index in [0.29, 0.717) is 30.5 Å². The number of aromatic amines is 1. The maximum Gasteiger partial charge on any atom is 0.418 e. The number of H-pyrrole nitrogens is 1. The summed E-state index contributed by atoms with van der Waals surface area (Å²) < 4.78 is 48.3. The number of carbonyl (C=O) groups excluding carboxylic acids is 3. The normalized spacial score (nSPS) is 19.5. The van der Waals surface area contributed by atoms with Gasteiger partial charge in [0.05, 0.1) is 22.2 Å². The first-order chi connectivity index (χ1) is 20.9. The molecule has 6 rings (SSSR count). The van der Waals surface area contributed by atoms with Crippen molar-refractivity contribution in [2.45, 2.75) is 29.3 Å². The highest BCUT2D eigenvalue weighted by atomic mass is 79.9. The van der Waals surface area contributed by atoms with E-state index in [0.717, 1.165) is 40.8 Å². The summed E-state index contributed by atoms with van der Waals surface area (Å²) in [6.07, 6.45) is -4.81. The third-order valence-electron chi connectivity index (χ3n) is 7.28. The maximum absolute atomic E-state index is 14.0. The first-order valence-electron chi connectivity index (χ1n) is 13.1. The van der Waals surface area contributed by atoms with E-state index in [-0.39, 0.29) is 5.75 Å². The lowest BCUT2D eigenvalue weighted by molar-refractivity contribution is -0.137. The van der Waals surface area contributed by atoms with Gasteiger partial charge in [-0.05, 0) is 49.4 Å². The number of carbonyl (C=O) groups is 3. The van der Waals surface area contributed by atoms with Gasteiger partial charge >= 0.3 is 11.0 Å². The van der Waals surface area contributed by atoms with Crippen LogP contribution in [-0.4, -0.2) is 34.6 Å². The highest BCUT2D eigenvalue weighted by Crippen LogP contribution is 2.55. The Morgan fingerprint density at radius 1 is 1.05 bits per heavy atom. The molecule has 0 saturated carbocycles. The van der Waals surface area contributed by atoms with E-state index in [1.165, 1.54) is 12.1 Å². The summed E-state index contributed by atoms with van der Waals surface area (Å²) in [6, 6.07) is 16.5. The summed E-state index contributed by atoms with van der Waals surface area (Å²) in [5, 5.41) is 1.97. The maximum atomic E-state index is 14.0. The number of hydrogen-bond donors (Lipinski definition) is 2. The number of hydrogen-bond acceptors (Lipinski definition) is 7. The molecule has 2 unspecified atom stereocenters. The van der Waals surface area contributed by atoms with E-state index < -0.39 is 63.7 Å². The van der Waals surface area contributed by atoms with Crippen LogP contribution < -0.4 is 19.8 Å². The molecule has 3 atom stereocenters. The number of amides is 3. The zero-order valence-electron chi connectivity index (χ0n) is 22.6. The quantitative estimate of drug-likeness (QED) is 0.227. The highest BCUT2D eigenvalue weighted by molar-refractivity contribution is 9.10. The van der Waals surface area contributed by atoms with Gasteiger partial charge in [0.25, 0.3) is 5.91 Å². The minimum atomic E-state index is -4.81. The number of ether oxygens (including phenoxy) is 1. The van der Waals surface area contributed by atoms with Gasteiger partial charge in [-0.2, -0.15) is 13.2 Å². The number of aryl methyl sites for hydroxylation is 1. The summed E-state index contributed by atoms with van der Waals surface area (Å²) in [7, 11) is 0. The van der Waals surface area contributed by atoms with Gasteiger partial charge in [-0.1, -0.05) is 68.9 Å². The molecule has 3 aromatic carbocycles. The van der Waals surface area contributed by atoms with Crippen LogP contribution in [0.15, 0.2) is 81.0 Å². The number of benzene rings is 3. The van der Waals surface area contributed by atoms with E-state index in [1.54, 1.807) is 30.3 Å². The molecule has 44 heavy (non-hydrogen) atoms. The lowest BCUT2D eigenvalue weighted by Gasteiger charge is -2.31. The van der Waals surface area contributed by atoms with Gasteiger partial charge in [0, 0.05) is 26.5 Å². The summed E-state index contributed by atoms with van der Waals surface area (Å²) >= 11 is 5.22. The van der Waals surface area contributed by atoms with Crippen molar-refractivity contribution in [1.82, 2.24) is 4.98 Å². The Labute approximate surface area is 264 Å². The number of rotatable bonds is 6. The molecule has 0 bridgehead atoms. The molecule has 1 saturated heterocycles. The predicted octanol–water partition coefficient (Wildman–Crippen LogP) is 6.34. The van der Waals surface area contributed by atoms with Crippen LogP contribution >= 0.6 is 39.0 Å². The SMILES string of the molecule is Cc1ccc(NC(=O)COc2ccc(Br)cc2[C@H]2c3sc(=O)[nH]c3SC3C(=O)N(c4ccccc4C(F)(F)F)C(=O)C32)cc1. The summed E-state index contributed by atoms with van der Waals surface area (Å²) in [6.45, 7) is 1.52.